The van der Waals surface area contributed by atoms with Crippen molar-refractivity contribution in [3.8, 4) is 0 Å². The Morgan fingerprint density at radius 1 is 1.42 bits per heavy atom. The zero-order chi connectivity index (χ0) is 13.9. The first-order valence-corrected chi connectivity index (χ1v) is 7.94. The summed E-state index contributed by atoms with van der Waals surface area (Å²) in [6, 6.07) is 0.208. The van der Waals surface area contributed by atoms with Gasteiger partial charge in [0.05, 0.1) is 0 Å². The molecule has 2 N–H and O–H groups in total. The van der Waals surface area contributed by atoms with Crippen molar-refractivity contribution in [2.24, 2.45) is 5.73 Å². The molecule has 0 saturated carbocycles. The van der Waals surface area contributed by atoms with E-state index in [4.69, 9.17) is 5.73 Å². The first-order chi connectivity index (χ1) is 9.00. The zero-order valence-electron chi connectivity index (χ0n) is 12.1. The van der Waals surface area contributed by atoms with Crippen molar-refractivity contribution >= 4 is 17.7 Å². The smallest absolute Gasteiger partial charge is 0.225 e. The molecule has 0 spiro atoms. The van der Waals surface area contributed by atoms with Crippen LogP contribution in [0.5, 0.6) is 0 Å². The number of hydrogen-bond acceptors (Lipinski definition) is 5. The number of anilines is 1. The Labute approximate surface area is 120 Å². The van der Waals surface area contributed by atoms with Crippen molar-refractivity contribution in [1.29, 1.82) is 0 Å². The average Bonchev–Trinajstić information content (AvgIpc) is 2.38. The van der Waals surface area contributed by atoms with Gasteiger partial charge in [0.15, 0.2) is 0 Å². The fraction of sp³-hybridized carbons (Fsp3) is 0.714. The van der Waals surface area contributed by atoms with E-state index in [-0.39, 0.29) is 10.8 Å². The van der Waals surface area contributed by atoms with Crippen LogP contribution in [-0.2, 0) is 6.42 Å². The molecule has 1 atom stereocenters. The Bertz CT molecular complexity index is 404. The molecule has 0 aromatic carbocycles. The average molecular weight is 280 g/mol. The minimum atomic E-state index is 0.208. The molecule has 1 aliphatic rings. The molecule has 1 aromatic heterocycles. The van der Waals surface area contributed by atoms with Crippen molar-refractivity contribution in [2.45, 2.75) is 44.4 Å². The third-order valence-electron chi connectivity index (χ3n) is 3.42. The van der Waals surface area contributed by atoms with Crippen LogP contribution in [-0.4, -0.2) is 39.6 Å². The fourth-order valence-corrected chi connectivity index (χ4v) is 3.36. The van der Waals surface area contributed by atoms with Crippen LogP contribution in [0.3, 0.4) is 0 Å². The van der Waals surface area contributed by atoms with E-state index in [1.165, 1.54) is 0 Å². The highest BCUT2D eigenvalue weighted by atomic mass is 32.2. The maximum Gasteiger partial charge on any atom is 0.225 e. The van der Waals surface area contributed by atoms with E-state index in [0.717, 1.165) is 43.2 Å². The Morgan fingerprint density at radius 3 is 2.68 bits per heavy atom. The van der Waals surface area contributed by atoms with E-state index in [0.29, 0.717) is 0 Å². The summed E-state index contributed by atoms with van der Waals surface area (Å²) in [7, 11) is 0. The van der Waals surface area contributed by atoms with Gasteiger partial charge in [-0.1, -0.05) is 6.92 Å². The summed E-state index contributed by atoms with van der Waals surface area (Å²) >= 11 is 2.02. The Hall–Kier alpha value is -0.810. The van der Waals surface area contributed by atoms with Gasteiger partial charge in [-0.2, -0.15) is 11.8 Å². The highest BCUT2D eigenvalue weighted by Crippen LogP contribution is 2.30. The number of hydrogen-bond donors (Lipinski definition) is 1. The van der Waals surface area contributed by atoms with Crippen LogP contribution in [0.4, 0.5) is 5.95 Å². The Balaban J connectivity index is 2.02. The predicted octanol–water partition coefficient (Wildman–Crippen LogP) is 2.09. The topological polar surface area (TPSA) is 55.0 Å². The molecular formula is C14H24N4S. The van der Waals surface area contributed by atoms with E-state index in [9.17, 15) is 0 Å². The van der Waals surface area contributed by atoms with Crippen LogP contribution in [0.1, 0.15) is 32.8 Å². The molecule has 0 radical (unpaired) electrons. The maximum absolute atomic E-state index is 5.95. The number of rotatable bonds is 4. The van der Waals surface area contributed by atoms with Crippen molar-refractivity contribution in [1.82, 2.24) is 9.97 Å². The normalized spacial score (nSPS) is 20.3. The van der Waals surface area contributed by atoms with Crippen LogP contribution < -0.4 is 10.6 Å². The van der Waals surface area contributed by atoms with Gasteiger partial charge >= 0.3 is 0 Å². The molecule has 1 aromatic rings. The molecule has 19 heavy (non-hydrogen) atoms. The zero-order valence-corrected chi connectivity index (χ0v) is 12.9. The summed E-state index contributed by atoms with van der Waals surface area (Å²) in [5.41, 5.74) is 7.08. The van der Waals surface area contributed by atoms with Gasteiger partial charge in [0.1, 0.15) is 0 Å². The summed E-state index contributed by atoms with van der Waals surface area (Å²) in [6.07, 6.45) is 5.69. The minimum absolute atomic E-state index is 0.208. The van der Waals surface area contributed by atoms with Gasteiger partial charge in [-0.25, -0.2) is 9.97 Å². The Kier molecular flexibility index (Phi) is 4.68. The van der Waals surface area contributed by atoms with Gasteiger partial charge in [-0.05, 0) is 32.3 Å². The second kappa shape index (κ2) is 6.09. The number of thioether (sulfide) groups is 1. The summed E-state index contributed by atoms with van der Waals surface area (Å²) in [5, 5.41) is 0. The number of nitrogens with zero attached hydrogens (tertiary/aromatic N) is 3. The van der Waals surface area contributed by atoms with Gasteiger partial charge in [-0.3, -0.25) is 0 Å². The van der Waals surface area contributed by atoms with Gasteiger partial charge < -0.3 is 10.6 Å². The molecule has 1 saturated heterocycles. The van der Waals surface area contributed by atoms with Crippen molar-refractivity contribution < 1.29 is 0 Å². The van der Waals surface area contributed by atoms with Gasteiger partial charge in [-0.15, -0.1) is 0 Å². The van der Waals surface area contributed by atoms with E-state index < -0.39 is 0 Å². The molecule has 1 fully saturated rings. The van der Waals surface area contributed by atoms with Crippen LogP contribution in [0, 0.1) is 0 Å². The molecule has 1 unspecified atom stereocenters. The fourth-order valence-electron chi connectivity index (χ4n) is 2.25. The molecule has 5 heteroatoms. The lowest BCUT2D eigenvalue weighted by molar-refractivity contribution is 0.629. The van der Waals surface area contributed by atoms with Crippen molar-refractivity contribution in [2.75, 3.05) is 23.7 Å². The van der Waals surface area contributed by atoms with Crippen LogP contribution in [0.15, 0.2) is 12.4 Å². The van der Waals surface area contributed by atoms with Crippen molar-refractivity contribution in [3.63, 3.8) is 0 Å². The maximum atomic E-state index is 5.95. The SMILES string of the molecule is CCC(N)Cc1cnc(N2CCSC(C)(C)C2)nc1. The van der Waals surface area contributed by atoms with Gasteiger partial charge in [0.25, 0.3) is 0 Å². The first-order valence-electron chi connectivity index (χ1n) is 6.95. The molecule has 2 heterocycles. The summed E-state index contributed by atoms with van der Waals surface area (Å²) in [4.78, 5) is 11.3. The highest BCUT2D eigenvalue weighted by molar-refractivity contribution is 8.00. The predicted molar refractivity (Wildman–Crippen MR) is 82.8 cm³/mol. The van der Waals surface area contributed by atoms with E-state index in [1.54, 1.807) is 0 Å². The quantitative estimate of drug-likeness (QED) is 0.915. The molecule has 1 aliphatic heterocycles. The lowest BCUT2D eigenvalue weighted by Gasteiger charge is -2.37. The molecule has 4 nitrogen and oxygen atoms in total. The lowest BCUT2D eigenvalue weighted by Crippen LogP contribution is -2.43. The number of nitrogens with two attached hydrogens (primary N) is 1. The summed E-state index contributed by atoms with van der Waals surface area (Å²) in [5.74, 6) is 1.99. The third kappa shape index (κ3) is 4.08. The third-order valence-corrected chi connectivity index (χ3v) is 4.72. The summed E-state index contributed by atoms with van der Waals surface area (Å²) < 4.78 is 0.283. The van der Waals surface area contributed by atoms with E-state index in [1.807, 2.05) is 24.2 Å². The van der Waals surface area contributed by atoms with Crippen LogP contribution in [0.2, 0.25) is 0 Å². The second-order valence-corrected chi connectivity index (χ2v) is 7.60. The molecule has 2 rings (SSSR count). The van der Waals surface area contributed by atoms with Crippen LogP contribution >= 0.6 is 11.8 Å². The monoisotopic (exact) mass is 280 g/mol. The molecule has 0 amide bonds. The minimum Gasteiger partial charge on any atom is -0.339 e. The lowest BCUT2D eigenvalue weighted by atomic mass is 10.1. The second-order valence-electron chi connectivity index (χ2n) is 5.79. The molecular weight excluding hydrogens is 256 g/mol. The largest absolute Gasteiger partial charge is 0.339 e. The molecule has 106 valence electrons. The van der Waals surface area contributed by atoms with Crippen LogP contribution in [0.25, 0.3) is 0 Å². The summed E-state index contributed by atoms with van der Waals surface area (Å²) in [6.45, 7) is 8.69. The first kappa shape index (κ1) is 14.6. The highest BCUT2D eigenvalue weighted by Gasteiger charge is 2.28. The Morgan fingerprint density at radius 2 is 2.11 bits per heavy atom. The van der Waals surface area contributed by atoms with Gasteiger partial charge in [0.2, 0.25) is 5.95 Å². The molecule has 0 bridgehead atoms. The standard InChI is InChI=1S/C14H24N4S/c1-4-12(15)7-11-8-16-13(17-9-11)18-5-6-19-14(2,3)10-18/h8-9,12H,4-7,10,15H2,1-3H3. The van der Waals surface area contributed by atoms with E-state index >= 15 is 0 Å². The number of aromatic nitrogens is 2. The van der Waals surface area contributed by atoms with Crippen molar-refractivity contribution in [3.05, 3.63) is 18.0 Å². The molecule has 0 aliphatic carbocycles. The van der Waals surface area contributed by atoms with E-state index in [2.05, 4.69) is 35.6 Å². The van der Waals surface area contributed by atoms with Gasteiger partial charge in [0, 0.05) is 42.0 Å².